The molecule has 0 amide bonds. The molecule has 0 radical (unpaired) electrons. The van der Waals surface area contributed by atoms with E-state index in [0.717, 1.165) is 19.0 Å². The van der Waals surface area contributed by atoms with E-state index in [0.29, 0.717) is 12.6 Å². The second-order valence-corrected chi connectivity index (χ2v) is 8.24. The highest BCUT2D eigenvalue weighted by Gasteiger charge is 2.48. The number of benzene rings is 1. The van der Waals surface area contributed by atoms with Crippen molar-refractivity contribution in [2.45, 2.75) is 30.3 Å². The highest BCUT2D eigenvalue weighted by Crippen LogP contribution is 2.39. The standard InChI is InChI=1S/C13H15BrF2N2O2S/c1-7-2-8-5-17-6-12(8)18(7)21(19,20)13-10(14)3-9(15)4-11(13)16/h3-4,7-8,12,17H,2,5-6H2,1H3. The van der Waals surface area contributed by atoms with Crippen LogP contribution in [-0.4, -0.2) is 37.9 Å². The zero-order valence-electron chi connectivity index (χ0n) is 11.3. The Bertz CT molecular complexity index is 660. The lowest BCUT2D eigenvalue weighted by Gasteiger charge is -2.27. The molecule has 8 heteroatoms. The number of rotatable bonds is 2. The molecule has 0 spiro atoms. The monoisotopic (exact) mass is 380 g/mol. The molecule has 3 unspecified atom stereocenters. The van der Waals surface area contributed by atoms with Gasteiger partial charge < -0.3 is 5.32 Å². The van der Waals surface area contributed by atoms with Crippen LogP contribution < -0.4 is 5.32 Å². The van der Waals surface area contributed by atoms with E-state index in [-0.39, 0.29) is 22.5 Å². The van der Waals surface area contributed by atoms with Crippen LogP contribution in [0.3, 0.4) is 0 Å². The average molecular weight is 381 g/mol. The summed E-state index contributed by atoms with van der Waals surface area (Å²) in [6, 6.07) is 1.22. The Labute approximate surface area is 130 Å². The van der Waals surface area contributed by atoms with Crippen molar-refractivity contribution >= 4 is 26.0 Å². The quantitative estimate of drug-likeness (QED) is 0.854. The van der Waals surface area contributed by atoms with Crippen LogP contribution in [0, 0.1) is 17.6 Å². The highest BCUT2D eigenvalue weighted by atomic mass is 79.9. The van der Waals surface area contributed by atoms with Crippen LogP contribution in [-0.2, 0) is 10.0 Å². The Balaban J connectivity index is 2.09. The minimum absolute atomic E-state index is 0.0818. The maximum absolute atomic E-state index is 14.0. The molecule has 0 aliphatic carbocycles. The van der Waals surface area contributed by atoms with Crippen molar-refractivity contribution in [3.63, 3.8) is 0 Å². The highest BCUT2D eigenvalue weighted by molar-refractivity contribution is 9.10. The minimum Gasteiger partial charge on any atom is -0.315 e. The molecule has 2 saturated heterocycles. The van der Waals surface area contributed by atoms with Crippen molar-refractivity contribution in [3.05, 3.63) is 28.2 Å². The van der Waals surface area contributed by atoms with Crippen LogP contribution >= 0.6 is 15.9 Å². The Morgan fingerprint density at radius 2 is 2.05 bits per heavy atom. The van der Waals surface area contributed by atoms with E-state index in [1.165, 1.54) is 4.31 Å². The summed E-state index contributed by atoms with van der Waals surface area (Å²) in [5, 5.41) is 3.17. The maximum Gasteiger partial charge on any atom is 0.247 e. The van der Waals surface area contributed by atoms with E-state index in [1.54, 1.807) is 0 Å². The molecule has 2 aliphatic rings. The summed E-state index contributed by atoms with van der Waals surface area (Å²) >= 11 is 2.97. The maximum atomic E-state index is 14.0. The number of fused-ring (bicyclic) bond motifs is 1. The second-order valence-electron chi connectivity index (χ2n) is 5.60. The molecule has 21 heavy (non-hydrogen) atoms. The van der Waals surface area contributed by atoms with E-state index in [9.17, 15) is 17.2 Å². The summed E-state index contributed by atoms with van der Waals surface area (Å²) < 4.78 is 54.2. The minimum atomic E-state index is -4.02. The van der Waals surface area contributed by atoms with Gasteiger partial charge in [-0.3, -0.25) is 0 Å². The van der Waals surface area contributed by atoms with Gasteiger partial charge in [-0.25, -0.2) is 17.2 Å². The molecule has 1 aromatic carbocycles. The molecule has 4 nitrogen and oxygen atoms in total. The van der Waals surface area contributed by atoms with Crippen LogP contribution in [0.2, 0.25) is 0 Å². The smallest absolute Gasteiger partial charge is 0.247 e. The van der Waals surface area contributed by atoms with Crippen molar-refractivity contribution in [1.29, 1.82) is 0 Å². The van der Waals surface area contributed by atoms with Gasteiger partial charge in [0.1, 0.15) is 16.5 Å². The first-order chi connectivity index (χ1) is 9.82. The van der Waals surface area contributed by atoms with Crippen molar-refractivity contribution in [2.75, 3.05) is 13.1 Å². The lowest BCUT2D eigenvalue weighted by atomic mass is 10.0. The summed E-state index contributed by atoms with van der Waals surface area (Å²) in [5.74, 6) is -1.63. The third-order valence-electron chi connectivity index (χ3n) is 4.21. The molecule has 0 bridgehead atoms. The van der Waals surface area contributed by atoms with E-state index >= 15 is 0 Å². The Morgan fingerprint density at radius 3 is 2.71 bits per heavy atom. The molecule has 1 N–H and O–H groups in total. The second kappa shape index (κ2) is 5.26. The number of halogens is 3. The summed E-state index contributed by atoms with van der Waals surface area (Å²) in [4.78, 5) is -0.483. The van der Waals surface area contributed by atoms with Gasteiger partial charge in [0, 0.05) is 29.2 Å². The fourth-order valence-corrected chi connectivity index (χ4v) is 6.43. The van der Waals surface area contributed by atoms with Gasteiger partial charge in [-0.1, -0.05) is 0 Å². The van der Waals surface area contributed by atoms with Gasteiger partial charge in [-0.15, -0.1) is 0 Å². The molecule has 2 heterocycles. The van der Waals surface area contributed by atoms with Gasteiger partial charge in [0.15, 0.2) is 0 Å². The molecule has 2 fully saturated rings. The number of nitrogens with zero attached hydrogens (tertiary/aromatic N) is 1. The van der Waals surface area contributed by atoms with E-state index < -0.39 is 26.6 Å². The van der Waals surface area contributed by atoms with E-state index in [1.807, 2.05) is 6.92 Å². The first kappa shape index (κ1) is 15.3. The molecular weight excluding hydrogens is 366 g/mol. The van der Waals surface area contributed by atoms with Gasteiger partial charge >= 0.3 is 0 Å². The average Bonchev–Trinajstić information content (AvgIpc) is 2.85. The first-order valence-electron chi connectivity index (χ1n) is 6.71. The lowest BCUT2D eigenvalue weighted by molar-refractivity contribution is 0.333. The topological polar surface area (TPSA) is 49.4 Å². The Kier molecular flexibility index (Phi) is 3.84. The fourth-order valence-electron chi connectivity index (χ4n) is 3.42. The third kappa shape index (κ3) is 2.42. The molecule has 1 aromatic rings. The molecule has 116 valence electrons. The van der Waals surface area contributed by atoms with Crippen molar-refractivity contribution in [1.82, 2.24) is 9.62 Å². The summed E-state index contributed by atoms with van der Waals surface area (Å²) in [7, 11) is -4.02. The van der Waals surface area contributed by atoms with Crippen LogP contribution in [0.15, 0.2) is 21.5 Å². The van der Waals surface area contributed by atoms with Gasteiger partial charge in [0.05, 0.1) is 0 Å². The molecule has 0 aromatic heterocycles. The number of hydrogen-bond acceptors (Lipinski definition) is 3. The molecule has 3 atom stereocenters. The van der Waals surface area contributed by atoms with Crippen LogP contribution in [0.5, 0.6) is 0 Å². The lowest BCUT2D eigenvalue weighted by Crippen LogP contribution is -2.43. The molecular formula is C13H15BrF2N2O2S. The van der Waals surface area contributed by atoms with Crippen molar-refractivity contribution in [2.24, 2.45) is 5.92 Å². The molecule has 0 saturated carbocycles. The predicted molar refractivity (Wildman–Crippen MR) is 77.3 cm³/mol. The third-order valence-corrected chi connectivity index (χ3v) is 7.21. The number of sulfonamides is 1. The number of hydrogen-bond donors (Lipinski definition) is 1. The van der Waals surface area contributed by atoms with Gasteiger partial charge in [-0.2, -0.15) is 4.31 Å². The van der Waals surface area contributed by atoms with Crippen LogP contribution in [0.25, 0.3) is 0 Å². The summed E-state index contributed by atoms with van der Waals surface area (Å²) in [6.07, 6.45) is 0.747. The molecule has 3 rings (SSSR count). The Morgan fingerprint density at radius 1 is 1.33 bits per heavy atom. The zero-order chi connectivity index (χ0) is 15.4. The van der Waals surface area contributed by atoms with Crippen LogP contribution in [0.1, 0.15) is 13.3 Å². The van der Waals surface area contributed by atoms with Crippen LogP contribution in [0.4, 0.5) is 8.78 Å². The Hall–Kier alpha value is -0.570. The molecule has 2 aliphatic heterocycles. The van der Waals surface area contributed by atoms with E-state index in [4.69, 9.17) is 0 Å². The van der Waals surface area contributed by atoms with Crippen molar-refractivity contribution < 1.29 is 17.2 Å². The van der Waals surface area contributed by atoms with Crippen molar-refractivity contribution in [3.8, 4) is 0 Å². The first-order valence-corrected chi connectivity index (χ1v) is 8.94. The summed E-state index contributed by atoms with van der Waals surface area (Å²) in [5.41, 5.74) is 0. The largest absolute Gasteiger partial charge is 0.315 e. The van der Waals surface area contributed by atoms with Gasteiger partial charge in [-0.05, 0) is 47.8 Å². The normalized spacial score (nSPS) is 29.8. The predicted octanol–water partition coefficient (Wildman–Crippen LogP) is 2.10. The number of nitrogens with one attached hydrogen (secondary N) is 1. The summed E-state index contributed by atoms with van der Waals surface area (Å²) in [6.45, 7) is 3.16. The SMILES string of the molecule is CC1CC2CNCC2N1S(=O)(=O)c1c(F)cc(F)cc1Br. The van der Waals surface area contributed by atoms with Gasteiger partial charge in [0.25, 0.3) is 0 Å². The van der Waals surface area contributed by atoms with E-state index in [2.05, 4.69) is 21.2 Å². The fraction of sp³-hybridized carbons (Fsp3) is 0.538. The zero-order valence-corrected chi connectivity index (χ0v) is 13.7. The van der Waals surface area contributed by atoms with Gasteiger partial charge in [0.2, 0.25) is 10.0 Å².